The molecule has 4 aromatic rings. The van der Waals surface area contributed by atoms with Crippen molar-refractivity contribution in [3.05, 3.63) is 81.3 Å². The predicted molar refractivity (Wildman–Crippen MR) is 121 cm³/mol. The molecule has 0 fully saturated rings. The van der Waals surface area contributed by atoms with Gasteiger partial charge in [-0.1, -0.05) is 17.7 Å². The van der Waals surface area contributed by atoms with Gasteiger partial charge in [-0.3, -0.25) is 4.57 Å². The Hall–Kier alpha value is -4.18. The number of alkyl halides is 6. The number of aromatic nitrogens is 6. The van der Waals surface area contributed by atoms with Crippen molar-refractivity contribution in [2.45, 2.75) is 31.5 Å². The molecule has 0 bridgehead atoms. The van der Waals surface area contributed by atoms with Crippen molar-refractivity contribution < 1.29 is 41.4 Å². The minimum Gasteiger partial charge on any atom is -0.478 e. The average molecular weight is 577 g/mol. The molecule has 0 unspecified atom stereocenters. The third-order valence-corrected chi connectivity index (χ3v) is 5.64. The van der Waals surface area contributed by atoms with Crippen LogP contribution in [0, 0.1) is 0 Å². The summed E-state index contributed by atoms with van der Waals surface area (Å²) in [6.07, 6.45) is -12.1. The summed E-state index contributed by atoms with van der Waals surface area (Å²) >= 11 is 5.84. The minimum absolute atomic E-state index is 0.174. The van der Waals surface area contributed by atoms with Gasteiger partial charge in [-0.25, -0.2) is 23.9 Å². The van der Waals surface area contributed by atoms with Crippen molar-refractivity contribution in [1.29, 1.82) is 0 Å². The normalized spacial score (nSPS) is 13.0. The maximum Gasteiger partial charge on any atom is 0.418 e. The summed E-state index contributed by atoms with van der Waals surface area (Å²) in [6, 6.07) is 8.04. The van der Waals surface area contributed by atoms with E-state index >= 15 is 0 Å². The molecule has 17 heteroatoms. The van der Waals surface area contributed by atoms with Crippen LogP contribution in [0.3, 0.4) is 0 Å². The van der Waals surface area contributed by atoms with Crippen LogP contribution in [0.2, 0.25) is 5.02 Å². The maximum absolute atomic E-state index is 13.6. The number of nitrogens with zero attached hydrogens (tertiary/aromatic N) is 6. The maximum atomic E-state index is 13.6. The van der Waals surface area contributed by atoms with E-state index in [1.54, 1.807) is 0 Å². The Kier molecular flexibility index (Phi) is 7.27. The zero-order valence-electron chi connectivity index (χ0n) is 19.2. The molecule has 0 aliphatic carbocycles. The topological polar surface area (TPSA) is 128 Å². The summed E-state index contributed by atoms with van der Waals surface area (Å²) in [4.78, 5) is 28.4. The molecule has 0 saturated carbocycles. The van der Waals surface area contributed by atoms with Crippen LogP contribution in [0.15, 0.2) is 53.6 Å². The molecule has 2 aromatic carbocycles. The second-order valence-corrected chi connectivity index (χ2v) is 8.49. The third kappa shape index (κ3) is 5.80. The number of carboxylic acid groups (broad SMARTS) is 1. The molecular weight excluding hydrogens is 562 g/mol. The van der Waals surface area contributed by atoms with Gasteiger partial charge in [0.05, 0.1) is 23.4 Å². The zero-order chi connectivity index (χ0) is 28.7. The number of aromatic carboxylic acids is 1. The molecule has 2 aromatic heterocycles. The van der Waals surface area contributed by atoms with E-state index in [-0.39, 0.29) is 22.2 Å². The summed E-state index contributed by atoms with van der Waals surface area (Å²) in [7, 11) is 0. The number of carboxylic acids is 1. The molecule has 0 aliphatic rings. The van der Waals surface area contributed by atoms with Gasteiger partial charge in [0.25, 0.3) is 0 Å². The van der Waals surface area contributed by atoms with E-state index < -0.39 is 60.0 Å². The molecule has 206 valence electrons. The highest BCUT2D eigenvalue weighted by Crippen LogP contribution is 2.35. The zero-order valence-corrected chi connectivity index (χ0v) is 19.9. The molecule has 2 heterocycles. The number of rotatable bonds is 7. The smallest absolute Gasteiger partial charge is 0.418 e. The summed E-state index contributed by atoms with van der Waals surface area (Å²) in [5.41, 5.74) is -3.81. The van der Waals surface area contributed by atoms with Gasteiger partial charge in [-0.2, -0.15) is 26.3 Å². The number of para-hydroxylation sites is 1. The van der Waals surface area contributed by atoms with Gasteiger partial charge in [-0.15, -0.1) is 10.2 Å². The van der Waals surface area contributed by atoms with Crippen molar-refractivity contribution >= 4 is 17.6 Å². The number of aliphatic hydroxyl groups is 1. The number of hydrogen-bond acceptors (Lipinski definition) is 6. The lowest BCUT2D eigenvalue weighted by molar-refractivity contribution is -0.207. The van der Waals surface area contributed by atoms with Crippen LogP contribution in [0.25, 0.3) is 17.1 Å². The molecule has 0 radical (unpaired) electrons. The Morgan fingerprint density at radius 3 is 2.28 bits per heavy atom. The first-order valence-corrected chi connectivity index (χ1v) is 11.1. The SMILES string of the molecule is O=C(O)c1cccc(C(F)(F)F)c1-n1cnc(Cn2nc(-c3ccc(Cl)cc3)n(C[C@H](O)C(F)(F)F)c2=O)n1. The molecule has 2 N–H and O–H groups in total. The van der Waals surface area contributed by atoms with Gasteiger partial charge in [0.2, 0.25) is 0 Å². The summed E-state index contributed by atoms with van der Waals surface area (Å²) in [5, 5.41) is 27.1. The molecular formula is C22H15ClF6N6O4. The molecule has 0 amide bonds. The number of aliphatic hydroxyl groups excluding tert-OH is 1. The van der Waals surface area contributed by atoms with Crippen LogP contribution in [0.5, 0.6) is 0 Å². The van der Waals surface area contributed by atoms with Gasteiger partial charge < -0.3 is 10.2 Å². The van der Waals surface area contributed by atoms with Crippen LogP contribution < -0.4 is 5.69 Å². The lowest BCUT2D eigenvalue weighted by Gasteiger charge is -2.15. The highest BCUT2D eigenvalue weighted by Gasteiger charge is 2.39. The Morgan fingerprint density at radius 2 is 1.69 bits per heavy atom. The summed E-state index contributed by atoms with van der Waals surface area (Å²) in [5.74, 6) is -2.25. The van der Waals surface area contributed by atoms with Crippen molar-refractivity contribution in [3.63, 3.8) is 0 Å². The first-order valence-electron chi connectivity index (χ1n) is 10.7. The summed E-state index contributed by atoms with van der Waals surface area (Å²) < 4.78 is 81.6. The van der Waals surface area contributed by atoms with Crippen LogP contribution in [-0.4, -0.2) is 57.6 Å². The fourth-order valence-corrected chi connectivity index (χ4v) is 3.73. The van der Waals surface area contributed by atoms with E-state index in [4.69, 9.17) is 11.6 Å². The molecule has 1 atom stereocenters. The quantitative estimate of drug-likeness (QED) is 0.322. The molecule has 10 nitrogen and oxygen atoms in total. The van der Waals surface area contributed by atoms with E-state index in [1.807, 2.05) is 0 Å². The molecule has 0 aliphatic heterocycles. The monoisotopic (exact) mass is 576 g/mol. The Balaban J connectivity index is 1.76. The van der Waals surface area contributed by atoms with E-state index in [9.17, 15) is 46.1 Å². The number of hydrogen-bond donors (Lipinski definition) is 2. The molecule has 4 rings (SSSR count). The predicted octanol–water partition coefficient (Wildman–Crippen LogP) is 3.63. The third-order valence-electron chi connectivity index (χ3n) is 5.39. The fraction of sp³-hybridized carbons (Fsp3) is 0.227. The van der Waals surface area contributed by atoms with Crippen LogP contribution in [-0.2, 0) is 19.3 Å². The van der Waals surface area contributed by atoms with Crippen LogP contribution >= 0.6 is 11.6 Å². The average Bonchev–Trinajstić information content (AvgIpc) is 3.43. The van der Waals surface area contributed by atoms with Gasteiger partial charge in [0.1, 0.15) is 12.9 Å². The Bertz CT molecular complexity index is 1580. The first kappa shape index (κ1) is 27.8. The second-order valence-electron chi connectivity index (χ2n) is 8.05. The molecule has 0 spiro atoms. The van der Waals surface area contributed by atoms with Crippen molar-refractivity contribution in [1.82, 2.24) is 29.1 Å². The number of halogens is 7. The lowest BCUT2D eigenvalue weighted by Crippen LogP contribution is -2.37. The van der Waals surface area contributed by atoms with E-state index in [1.165, 1.54) is 24.3 Å². The second kappa shape index (κ2) is 10.2. The van der Waals surface area contributed by atoms with Gasteiger partial charge in [0, 0.05) is 10.6 Å². The minimum atomic E-state index is -5.05. The van der Waals surface area contributed by atoms with Crippen LogP contribution in [0.1, 0.15) is 21.7 Å². The Morgan fingerprint density at radius 1 is 1.03 bits per heavy atom. The van der Waals surface area contributed by atoms with Crippen molar-refractivity contribution in [2.75, 3.05) is 0 Å². The Labute approximate surface area is 218 Å². The van der Waals surface area contributed by atoms with Crippen LogP contribution in [0.4, 0.5) is 26.3 Å². The first-order chi connectivity index (χ1) is 18.2. The van der Waals surface area contributed by atoms with E-state index in [0.717, 1.165) is 18.5 Å². The van der Waals surface area contributed by atoms with E-state index in [0.29, 0.717) is 20.0 Å². The van der Waals surface area contributed by atoms with Gasteiger partial charge >= 0.3 is 24.0 Å². The summed E-state index contributed by atoms with van der Waals surface area (Å²) in [6.45, 7) is -1.82. The fourth-order valence-electron chi connectivity index (χ4n) is 3.60. The number of benzene rings is 2. The van der Waals surface area contributed by atoms with Gasteiger partial charge in [-0.05, 0) is 36.4 Å². The number of carbonyl (C=O) groups is 1. The molecule has 39 heavy (non-hydrogen) atoms. The van der Waals surface area contributed by atoms with Crippen molar-refractivity contribution in [2.24, 2.45) is 0 Å². The standard InChI is InChI=1S/C22H15ClF6N6O4/c23-12-6-4-11(5-7-12)18-32-34(20(39)33(18)8-15(36)22(27,28)29)9-16-30-10-35(31-16)17-13(19(37)38)2-1-3-14(17)21(24,25)26/h1-7,10,15,36H,8-9H2,(H,37,38)/t15-/m0/s1. The van der Waals surface area contributed by atoms with Crippen molar-refractivity contribution in [3.8, 4) is 17.1 Å². The van der Waals surface area contributed by atoms with E-state index in [2.05, 4.69) is 15.2 Å². The highest BCUT2D eigenvalue weighted by atomic mass is 35.5. The highest BCUT2D eigenvalue weighted by molar-refractivity contribution is 6.30. The molecule has 0 saturated heterocycles. The van der Waals surface area contributed by atoms with Gasteiger partial charge in [0.15, 0.2) is 17.8 Å². The largest absolute Gasteiger partial charge is 0.478 e. The lowest BCUT2D eigenvalue weighted by atomic mass is 10.1.